The highest BCUT2D eigenvalue weighted by Gasteiger charge is 2.19. The third-order valence-corrected chi connectivity index (χ3v) is 3.55. The molecular formula is C14H18N4O. The van der Waals surface area contributed by atoms with Crippen molar-refractivity contribution in [2.24, 2.45) is 5.73 Å². The van der Waals surface area contributed by atoms with Crippen LogP contribution in [-0.4, -0.2) is 33.4 Å². The molecule has 2 N–H and O–H groups in total. The Kier molecular flexibility index (Phi) is 3.08. The summed E-state index contributed by atoms with van der Waals surface area (Å²) >= 11 is 0. The van der Waals surface area contributed by atoms with Gasteiger partial charge in [0.1, 0.15) is 5.65 Å². The number of aromatic nitrogens is 2. The summed E-state index contributed by atoms with van der Waals surface area (Å²) < 4.78 is 1.59. The molecule has 0 aliphatic carbocycles. The molecule has 3 heterocycles. The quantitative estimate of drug-likeness (QED) is 0.853. The van der Waals surface area contributed by atoms with Gasteiger partial charge in [0, 0.05) is 37.9 Å². The molecule has 1 aliphatic heterocycles. The molecule has 2 aromatic rings. The predicted molar refractivity (Wildman–Crippen MR) is 74.1 cm³/mol. The standard InChI is InChI=1S/C14H18N4O/c1-10-2-3-13-16-12(6-14(19)18(13)7-10)9-17-5-4-11(15)8-17/h2-3,6-7,11H,4-5,8-9,15H2,1H3. The highest BCUT2D eigenvalue weighted by molar-refractivity contribution is 5.39. The lowest BCUT2D eigenvalue weighted by Crippen LogP contribution is -2.27. The van der Waals surface area contributed by atoms with Crippen molar-refractivity contribution in [2.45, 2.75) is 25.9 Å². The van der Waals surface area contributed by atoms with Gasteiger partial charge in [0.2, 0.25) is 0 Å². The normalized spacial score (nSPS) is 20.2. The Bertz CT molecular complexity index is 664. The van der Waals surface area contributed by atoms with Crippen molar-refractivity contribution in [3.8, 4) is 0 Å². The molecule has 5 heteroatoms. The molecular weight excluding hydrogens is 240 g/mol. The molecule has 0 amide bonds. The summed E-state index contributed by atoms with van der Waals surface area (Å²) in [6.07, 6.45) is 2.84. The van der Waals surface area contributed by atoms with Crippen LogP contribution in [0.15, 0.2) is 29.2 Å². The van der Waals surface area contributed by atoms with Crippen LogP contribution < -0.4 is 11.3 Å². The Morgan fingerprint density at radius 1 is 1.47 bits per heavy atom. The summed E-state index contributed by atoms with van der Waals surface area (Å²) in [5, 5.41) is 0. The lowest BCUT2D eigenvalue weighted by molar-refractivity contribution is 0.323. The van der Waals surface area contributed by atoms with Gasteiger partial charge >= 0.3 is 0 Å². The fourth-order valence-electron chi connectivity index (χ4n) is 2.57. The maximum absolute atomic E-state index is 12.1. The van der Waals surface area contributed by atoms with Crippen LogP contribution in [0.25, 0.3) is 5.65 Å². The minimum absolute atomic E-state index is 0.0211. The summed E-state index contributed by atoms with van der Waals surface area (Å²) in [6.45, 7) is 4.53. The largest absolute Gasteiger partial charge is 0.326 e. The van der Waals surface area contributed by atoms with Crippen LogP contribution in [0, 0.1) is 6.92 Å². The number of pyridine rings is 1. The lowest BCUT2D eigenvalue weighted by Gasteiger charge is -2.14. The first-order valence-corrected chi connectivity index (χ1v) is 6.59. The predicted octanol–water partition coefficient (Wildman–Crippen LogP) is 0.536. The Labute approximate surface area is 111 Å². The molecule has 0 spiro atoms. The van der Waals surface area contributed by atoms with Crippen LogP contribution >= 0.6 is 0 Å². The molecule has 1 fully saturated rings. The molecule has 19 heavy (non-hydrogen) atoms. The third kappa shape index (κ3) is 2.52. The topological polar surface area (TPSA) is 63.6 Å². The highest BCUT2D eigenvalue weighted by atomic mass is 16.1. The third-order valence-electron chi connectivity index (χ3n) is 3.55. The van der Waals surface area contributed by atoms with E-state index in [1.165, 1.54) is 0 Å². The molecule has 3 rings (SSSR count). The number of nitrogens with zero attached hydrogens (tertiary/aromatic N) is 3. The molecule has 5 nitrogen and oxygen atoms in total. The van der Waals surface area contributed by atoms with Crippen molar-refractivity contribution >= 4 is 5.65 Å². The zero-order valence-corrected chi connectivity index (χ0v) is 11.0. The van der Waals surface area contributed by atoms with Crippen LogP contribution in [0.3, 0.4) is 0 Å². The van der Waals surface area contributed by atoms with E-state index < -0.39 is 0 Å². The molecule has 1 unspecified atom stereocenters. The fourth-order valence-corrected chi connectivity index (χ4v) is 2.57. The summed E-state index contributed by atoms with van der Waals surface area (Å²) in [5.41, 5.74) is 8.44. The molecule has 2 aromatic heterocycles. The SMILES string of the molecule is Cc1ccc2nc(CN3CCC(N)C3)cc(=O)n2c1. The fraction of sp³-hybridized carbons (Fsp3) is 0.429. The molecule has 0 saturated carbocycles. The molecule has 0 bridgehead atoms. The number of fused-ring (bicyclic) bond motifs is 1. The van der Waals surface area contributed by atoms with Crippen molar-refractivity contribution in [1.82, 2.24) is 14.3 Å². The summed E-state index contributed by atoms with van der Waals surface area (Å²) in [6, 6.07) is 5.73. The molecule has 0 radical (unpaired) electrons. The Balaban J connectivity index is 1.93. The Hall–Kier alpha value is -1.72. The number of likely N-dealkylation sites (tertiary alicyclic amines) is 1. The number of nitrogens with two attached hydrogens (primary N) is 1. The highest BCUT2D eigenvalue weighted by Crippen LogP contribution is 2.11. The van der Waals surface area contributed by atoms with E-state index in [2.05, 4.69) is 9.88 Å². The smallest absolute Gasteiger partial charge is 0.258 e. The van der Waals surface area contributed by atoms with Gasteiger partial charge in [-0.2, -0.15) is 0 Å². The van der Waals surface area contributed by atoms with Crippen molar-refractivity contribution in [1.29, 1.82) is 0 Å². The van der Waals surface area contributed by atoms with Gasteiger partial charge in [-0.15, -0.1) is 0 Å². The van der Waals surface area contributed by atoms with Crippen molar-refractivity contribution in [2.75, 3.05) is 13.1 Å². The minimum atomic E-state index is -0.0211. The summed E-state index contributed by atoms with van der Waals surface area (Å²) in [4.78, 5) is 18.9. The number of hydrogen-bond donors (Lipinski definition) is 1. The van der Waals surface area contributed by atoms with Crippen molar-refractivity contribution in [3.63, 3.8) is 0 Å². The minimum Gasteiger partial charge on any atom is -0.326 e. The van der Waals surface area contributed by atoms with Crippen LogP contribution in [-0.2, 0) is 6.54 Å². The van der Waals surface area contributed by atoms with Gasteiger partial charge in [-0.1, -0.05) is 6.07 Å². The van der Waals surface area contributed by atoms with Gasteiger partial charge in [-0.05, 0) is 25.0 Å². The first kappa shape index (κ1) is 12.3. The lowest BCUT2D eigenvalue weighted by atomic mass is 10.3. The van der Waals surface area contributed by atoms with E-state index in [1.807, 2.05) is 25.3 Å². The average Bonchev–Trinajstić information content (AvgIpc) is 2.76. The Morgan fingerprint density at radius 2 is 2.32 bits per heavy atom. The molecule has 1 atom stereocenters. The first-order valence-electron chi connectivity index (χ1n) is 6.59. The molecule has 100 valence electrons. The second-order valence-corrected chi connectivity index (χ2v) is 5.30. The van der Waals surface area contributed by atoms with Gasteiger partial charge in [0.15, 0.2) is 0 Å². The second kappa shape index (κ2) is 4.75. The van der Waals surface area contributed by atoms with Crippen LogP contribution in [0.2, 0.25) is 0 Å². The van der Waals surface area contributed by atoms with Gasteiger partial charge < -0.3 is 5.73 Å². The van der Waals surface area contributed by atoms with Crippen LogP contribution in [0.1, 0.15) is 17.7 Å². The van der Waals surface area contributed by atoms with E-state index in [9.17, 15) is 4.79 Å². The van der Waals surface area contributed by atoms with E-state index in [-0.39, 0.29) is 11.6 Å². The molecule has 1 aliphatic rings. The van der Waals surface area contributed by atoms with Crippen LogP contribution in [0.4, 0.5) is 0 Å². The van der Waals surface area contributed by atoms with Crippen molar-refractivity contribution in [3.05, 3.63) is 46.0 Å². The van der Waals surface area contributed by atoms with Gasteiger partial charge in [0.25, 0.3) is 5.56 Å². The van der Waals surface area contributed by atoms with Crippen molar-refractivity contribution < 1.29 is 0 Å². The zero-order chi connectivity index (χ0) is 13.4. The number of hydrogen-bond acceptors (Lipinski definition) is 4. The maximum Gasteiger partial charge on any atom is 0.258 e. The Morgan fingerprint density at radius 3 is 3.05 bits per heavy atom. The van der Waals surface area contributed by atoms with E-state index in [1.54, 1.807) is 10.5 Å². The molecule has 0 aromatic carbocycles. The van der Waals surface area contributed by atoms with Crippen LogP contribution in [0.5, 0.6) is 0 Å². The number of rotatable bonds is 2. The van der Waals surface area contributed by atoms with E-state index in [4.69, 9.17) is 5.73 Å². The summed E-state index contributed by atoms with van der Waals surface area (Å²) in [5.74, 6) is 0. The van der Waals surface area contributed by atoms with Gasteiger partial charge in [-0.3, -0.25) is 14.1 Å². The second-order valence-electron chi connectivity index (χ2n) is 5.30. The first-order chi connectivity index (χ1) is 9.11. The van der Waals surface area contributed by atoms with E-state index in [0.29, 0.717) is 12.2 Å². The van der Waals surface area contributed by atoms with Gasteiger partial charge in [-0.25, -0.2) is 4.98 Å². The summed E-state index contributed by atoms with van der Waals surface area (Å²) in [7, 11) is 0. The number of aryl methyl sites for hydroxylation is 1. The maximum atomic E-state index is 12.1. The average molecular weight is 258 g/mol. The zero-order valence-electron chi connectivity index (χ0n) is 11.0. The van der Waals surface area contributed by atoms with E-state index in [0.717, 1.165) is 30.8 Å². The van der Waals surface area contributed by atoms with Gasteiger partial charge in [0.05, 0.1) is 5.69 Å². The molecule has 1 saturated heterocycles. The van der Waals surface area contributed by atoms with E-state index >= 15 is 0 Å². The monoisotopic (exact) mass is 258 g/mol.